The fourth-order valence-corrected chi connectivity index (χ4v) is 2.01. The number of anilines is 2. The van der Waals surface area contributed by atoms with Crippen molar-refractivity contribution in [3.8, 4) is 0 Å². The predicted octanol–water partition coefficient (Wildman–Crippen LogP) is 3.76. The first-order chi connectivity index (χ1) is 9.10. The number of nitrogens with zero attached hydrogens (tertiary/aromatic N) is 2. The maximum atomic E-state index is 10.6. The number of thioether (sulfide) groups is 1. The highest BCUT2D eigenvalue weighted by Gasteiger charge is 2.09. The van der Waals surface area contributed by atoms with E-state index in [1.165, 1.54) is 17.2 Å². The zero-order chi connectivity index (χ0) is 13.8. The van der Waals surface area contributed by atoms with Crippen LogP contribution in [0, 0.1) is 17.0 Å². The van der Waals surface area contributed by atoms with Crippen molar-refractivity contribution >= 4 is 29.0 Å². The standard InChI is InChI=1S/C13H13N3O2S/c1-9-7-11(16(17)18)8-14-13(9)15-10-3-5-12(19-2)6-4-10/h3-8H,1-2H3,(H,14,15). The lowest BCUT2D eigenvalue weighted by molar-refractivity contribution is -0.385. The first kappa shape index (κ1) is 13.4. The van der Waals surface area contributed by atoms with Crippen LogP contribution in [-0.2, 0) is 0 Å². The molecule has 1 aromatic heterocycles. The lowest BCUT2D eigenvalue weighted by Crippen LogP contribution is -1.98. The highest BCUT2D eigenvalue weighted by atomic mass is 32.2. The third-order valence-electron chi connectivity index (χ3n) is 2.63. The van der Waals surface area contributed by atoms with E-state index in [4.69, 9.17) is 0 Å². The fraction of sp³-hybridized carbons (Fsp3) is 0.154. The van der Waals surface area contributed by atoms with Crippen LogP contribution < -0.4 is 5.32 Å². The van der Waals surface area contributed by atoms with Crippen LogP contribution in [0.1, 0.15) is 5.56 Å². The van der Waals surface area contributed by atoms with Crippen LogP contribution in [0.5, 0.6) is 0 Å². The molecule has 0 saturated heterocycles. The Kier molecular flexibility index (Phi) is 4.01. The minimum atomic E-state index is -0.447. The molecule has 1 aromatic carbocycles. The molecule has 0 bridgehead atoms. The predicted molar refractivity (Wildman–Crippen MR) is 77.1 cm³/mol. The first-order valence-corrected chi connectivity index (χ1v) is 6.85. The number of hydrogen-bond donors (Lipinski definition) is 1. The second-order valence-corrected chi connectivity index (χ2v) is 4.85. The molecule has 0 spiro atoms. The van der Waals surface area contributed by atoms with Crippen LogP contribution in [0.2, 0.25) is 0 Å². The van der Waals surface area contributed by atoms with E-state index >= 15 is 0 Å². The number of benzene rings is 1. The van der Waals surface area contributed by atoms with Crippen molar-refractivity contribution in [1.82, 2.24) is 4.98 Å². The van der Waals surface area contributed by atoms with Gasteiger partial charge in [-0.2, -0.15) is 0 Å². The van der Waals surface area contributed by atoms with Gasteiger partial charge in [0.25, 0.3) is 5.69 Å². The fourth-order valence-electron chi connectivity index (χ4n) is 1.60. The number of hydrogen-bond acceptors (Lipinski definition) is 5. The average molecular weight is 275 g/mol. The Morgan fingerprint density at radius 1 is 1.32 bits per heavy atom. The van der Waals surface area contributed by atoms with Crippen molar-refractivity contribution < 1.29 is 4.92 Å². The molecule has 0 unspecified atom stereocenters. The lowest BCUT2D eigenvalue weighted by atomic mass is 10.2. The van der Waals surface area contributed by atoms with Crippen molar-refractivity contribution in [1.29, 1.82) is 0 Å². The molecule has 19 heavy (non-hydrogen) atoms. The number of nitro groups is 1. The number of pyridine rings is 1. The van der Waals surface area contributed by atoms with Crippen LogP contribution in [0.25, 0.3) is 0 Å². The van der Waals surface area contributed by atoms with Gasteiger partial charge in [0.2, 0.25) is 0 Å². The van der Waals surface area contributed by atoms with E-state index in [0.29, 0.717) is 5.82 Å². The largest absolute Gasteiger partial charge is 0.340 e. The van der Waals surface area contributed by atoms with Gasteiger partial charge >= 0.3 is 0 Å². The summed E-state index contributed by atoms with van der Waals surface area (Å²) in [6.45, 7) is 1.79. The summed E-state index contributed by atoms with van der Waals surface area (Å²) in [7, 11) is 0. The molecular formula is C13H13N3O2S. The summed E-state index contributed by atoms with van der Waals surface area (Å²) in [5, 5.41) is 13.8. The van der Waals surface area contributed by atoms with E-state index < -0.39 is 4.92 Å². The molecule has 0 aliphatic carbocycles. The minimum absolute atomic E-state index is 0.000723. The molecule has 98 valence electrons. The van der Waals surface area contributed by atoms with Gasteiger partial charge in [-0.25, -0.2) is 4.98 Å². The van der Waals surface area contributed by atoms with Crippen molar-refractivity contribution in [3.05, 3.63) is 52.2 Å². The summed E-state index contributed by atoms with van der Waals surface area (Å²) >= 11 is 1.67. The van der Waals surface area contributed by atoms with Gasteiger partial charge in [-0.15, -0.1) is 11.8 Å². The average Bonchev–Trinajstić information content (AvgIpc) is 2.41. The molecule has 1 heterocycles. The Balaban J connectivity index is 2.20. The minimum Gasteiger partial charge on any atom is -0.340 e. The van der Waals surface area contributed by atoms with Crippen LogP contribution in [0.4, 0.5) is 17.2 Å². The van der Waals surface area contributed by atoms with Gasteiger partial charge in [-0.1, -0.05) is 0 Å². The molecule has 0 aliphatic rings. The Morgan fingerprint density at radius 2 is 2.00 bits per heavy atom. The maximum Gasteiger partial charge on any atom is 0.287 e. The van der Waals surface area contributed by atoms with Crippen LogP contribution in [-0.4, -0.2) is 16.2 Å². The number of rotatable bonds is 4. The third kappa shape index (κ3) is 3.23. The molecule has 0 atom stereocenters. The van der Waals surface area contributed by atoms with Gasteiger partial charge in [-0.05, 0) is 43.0 Å². The SMILES string of the molecule is CSc1ccc(Nc2ncc([N+](=O)[O-])cc2C)cc1. The third-order valence-corrected chi connectivity index (χ3v) is 3.37. The van der Waals surface area contributed by atoms with Crippen molar-refractivity contribution in [2.45, 2.75) is 11.8 Å². The van der Waals surface area contributed by atoms with Gasteiger partial charge in [0.1, 0.15) is 12.0 Å². The van der Waals surface area contributed by atoms with E-state index in [1.807, 2.05) is 30.5 Å². The zero-order valence-electron chi connectivity index (χ0n) is 10.6. The van der Waals surface area contributed by atoms with Crippen LogP contribution in [0.15, 0.2) is 41.4 Å². The van der Waals surface area contributed by atoms with Gasteiger partial charge in [-0.3, -0.25) is 10.1 Å². The molecule has 0 amide bonds. The van der Waals surface area contributed by atoms with Gasteiger partial charge < -0.3 is 5.32 Å². The summed E-state index contributed by atoms with van der Waals surface area (Å²) < 4.78 is 0. The second kappa shape index (κ2) is 5.71. The maximum absolute atomic E-state index is 10.6. The van der Waals surface area contributed by atoms with E-state index in [-0.39, 0.29) is 5.69 Å². The molecule has 6 heteroatoms. The Hall–Kier alpha value is -2.08. The van der Waals surface area contributed by atoms with E-state index in [2.05, 4.69) is 10.3 Å². The summed E-state index contributed by atoms with van der Waals surface area (Å²) in [6.07, 6.45) is 3.27. The van der Waals surface area contributed by atoms with Gasteiger partial charge in [0.15, 0.2) is 0 Å². The van der Waals surface area contributed by atoms with Crippen molar-refractivity contribution in [2.75, 3.05) is 11.6 Å². The van der Waals surface area contributed by atoms with E-state index in [1.54, 1.807) is 18.7 Å². The second-order valence-electron chi connectivity index (χ2n) is 3.97. The molecule has 2 rings (SSSR count). The Morgan fingerprint density at radius 3 is 2.53 bits per heavy atom. The Bertz CT molecular complexity index is 599. The van der Waals surface area contributed by atoms with Crippen LogP contribution >= 0.6 is 11.8 Å². The summed E-state index contributed by atoms with van der Waals surface area (Å²) in [4.78, 5) is 15.4. The van der Waals surface area contributed by atoms with Crippen molar-refractivity contribution in [3.63, 3.8) is 0 Å². The van der Waals surface area contributed by atoms with Gasteiger partial charge in [0, 0.05) is 16.6 Å². The highest BCUT2D eigenvalue weighted by molar-refractivity contribution is 7.98. The smallest absolute Gasteiger partial charge is 0.287 e. The summed E-state index contributed by atoms with van der Waals surface area (Å²) in [5.74, 6) is 0.627. The van der Waals surface area contributed by atoms with Crippen molar-refractivity contribution in [2.24, 2.45) is 0 Å². The quantitative estimate of drug-likeness (QED) is 0.522. The Labute approximate surface area is 115 Å². The summed E-state index contributed by atoms with van der Waals surface area (Å²) in [6, 6.07) is 9.43. The molecular weight excluding hydrogens is 262 g/mol. The normalized spacial score (nSPS) is 10.2. The first-order valence-electron chi connectivity index (χ1n) is 5.62. The lowest BCUT2D eigenvalue weighted by Gasteiger charge is -2.08. The number of aryl methyl sites for hydroxylation is 1. The monoisotopic (exact) mass is 275 g/mol. The molecule has 0 radical (unpaired) electrons. The van der Waals surface area contributed by atoms with Gasteiger partial charge in [0.05, 0.1) is 4.92 Å². The number of nitrogens with one attached hydrogen (secondary N) is 1. The van der Waals surface area contributed by atoms with Crippen LogP contribution in [0.3, 0.4) is 0 Å². The topological polar surface area (TPSA) is 68.1 Å². The van der Waals surface area contributed by atoms with E-state index in [9.17, 15) is 10.1 Å². The molecule has 0 aliphatic heterocycles. The van der Waals surface area contributed by atoms with E-state index in [0.717, 1.165) is 11.3 Å². The molecule has 1 N–H and O–H groups in total. The molecule has 2 aromatic rings. The molecule has 0 saturated carbocycles. The molecule has 5 nitrogen and oxygen atoms in total. The molecule has 0 fully saturated rings. The summed E-state index contributed by atoms with van der Waals surface area (Å²) in [5.41, 5.74) is 1.64. The number of aromatic nitrogens is 1. The highest BCUT2D eigenvalue weighted by Crippen LogP contribution is 2.23. The zero-order valence-corrected chi connectivity index (χ0v) is 11.4.